The minimum absolute atomic E-state index is 0.0978. The molecule has 0 saturated carbocycles. The molecule has 2 aromatic heterocycles. The second-order valence-electron chi connectivity index (χ2n) is 7.16. The number of halogens is 1. The Labute approximate surface area is 174 Å². The van der Waals surface area contributed by atoms with Gasteiger partial charge in [-0.25, -0.2) is 4.98 Å². The third kappa shape index (κ3) is 4.20. The molecule has 0 atom stereocenters. The standard InChI is InChI=1S/C23H22ClN3O2/c1-15-10-20-21(11-16(15)2)27(14-23(28)25-13-18-7-5-9-29-18)22(26-20)12-17-6-3-4-8-19(17)24/h3-11H,12-14H2,1-2H3,(H,25,28). The van der Waals surface area contributed by atoms with Crippen molar-refractivity contribution in [3.8, 4) is 0 Å². The first kappa shape index (κ1) is 19.3. The first-order chi connectivity index (χ1) is 14.0. The number of carbonyl (C=O) groups excluding carboxylic acids is 1. The van der Waals surface area contributed by atoms with Crippen molar-refractivity contribution in [1.82, 2.24) is 14.9 Å². The van der Waals surface area contributed by atoms with Crippen molar-refractivity contribution in [2.24, 2.45) is 0 Å². The summed E-state index contributed by atoms with van der Waals surface area (Å²) in [5, 5.41) is 3.60. The minimum Gasteiger partial charge on any atom is -0.467 e. The number of hydrogen-bond acceptors (Lipinski definition) is 3. The average Bonchev–Trinajstić information content (AvgIpc) is 3.32. The molecule has 2 heterocycles. The number of benzene rings is 2. The number of aryl methyl sites for hydroxylation is 2. The Morgan fingerprint density at radius 1 is 1.14 bits per heavy atom. The molecule has 0 aliphatic rings. The monoisotopic (exact) mass is 407 g/mol. The van der Waals surface area contributed by atoms with E-state index >= 15 is 0 Å². The highest BCUT2D eigenvalue weighted by atomic mass is 35.5. The van der Waals surface area contributed by atoms with Gasteiger partial charge in [-0.05, 0) is 60.9 Å². The summed E-state index contributed by atoms with van der Waals surface area (Å²) in [6.07, 6.45) is 2.15. The first-order valence-corrected chi connectivity index (χ1v) is 9.88. The normalized spacial score (nSPS) is 11.1. The lowest BCUT2D eigenvalue weighted by Gasteiger charge is -2.11. The maximum absolute atomic E-state index is 12.6. The number of imidazole rings is 1. The van der Waals surface area contributed by atoms with Gasteiger partial charge in [-0.1, -0.05) is 29.8 Å². The van der Waals surface area contributed by atoms with E-state index in [0.29, 0.717) is 18.0 Å². The fourth-order valence-electron chi connectivity index (χ4n) is 3.35. The van der Waals surface area contributed by atoms with E-state index < -0.39 is 0 Å². The Kier molecular flexibility index (Phi) is 5.41. The molecule has 0 saturated heterocycles. The zero-order valence-electron chi connectivity index (χ0n) is 16.4. The molecule has 4 rings (SSSR count). The van der Waals surface area contributed by atoms with Gasteiger partial charge in [0.15, 0.2) is 0 Å². The van der Waals surface area contributed by atoms with Crippen LogP contribution in [0.3, 0.4) is 0 Å². The molecule has 5 nitrogen and oxygen atoms in total. The molecule has 0 unspecified atom stereocenters. The Balaban J connectivity index is 1.66. The van der Waals surface area contributed by atoms with E-state index in [1.54, 1.807) is 12.3 Å². The van der Waals surface area contributed by atoms with Crippen LogP contribution in [-0.4, -0.2) is 15.5 Å². The van der Waals surface area contributed by atoms with Gasteiger partial charge in [0.2, 0.25) is 5.91 Å². The van der Waals surface area contributed by atoms with Crippen molar-refractivity contribution >= 4 is 28.5 Å². The number of nitrogens with one attached hydrogen (secondary N) is 1. The summed E-state index contributed by atoms with van der Waals surface area (Å²) in [4.78, 5) is 17.5. The molecule has 4 aromatic rings. The molecule has 2 aromatic carbocycles. The lowest BCUT2D eigenvalue weighted by atomic mass is 10.1. The molecule has 1 N–H and O–H groups in total. The highest BCUT2D eigenvalue weighted by Gasteiger charge is 2.16. The summed E-state index contributed by atoms with van der Waals surface area (Å²) in [5.74, 6) is 1.43. The Hall–Kier alpha value is -3.05. The minimum atomic E-state index is -0.0978. The van der Waals surface area contributed by atoms with Crippen LogP contribution in [0.4, 0.5) is 0 Å². The quantitative estimate of drug-likeness (QED) is 0.499. The maximum Gasteiger partial charge on any atom is 0.240 e. The van der Waals surface area contributed by atoms with Gasteiger partial charge < -0.3 is 14.3 Å². The number of rotatable bonds is 6. The van der Waals surface area contributed by atoms with Crippen LogP contribution in [0.25, 0.3) is 11.0 Å². The van der Waals surface area contributed by atoms with Gasteiger partial charge in [-0.2, -0.15) is 0 Å². The van der Waals surface area contributed by atoms with E-state index in [0.717, 1.165) is 28.2 Å². The Bertz CT molecular complexity index is 1160. The Morgan fingerprint density at radius 3 is 2.69 bits per heavy atom. The topological polar surface area (TPSA) is 60.1 Å². The summed E-state index contributed by atoms with van der Waals surface area (Å²) in [6.45, 7) is 4.67. The third-order valence-electron chi connectivity index (χ3n) is 5.09. The lowest BCUT2D eigenvalue weighted by Crippen LogP contribution is -2.27. The SMILES string of the molecule is Cc1cc2nc(Cc3ccccc3Cl)n(CC(=O)NCc3ccco3)c2cc1C. The smallest absolute Gasteiger partial charge is 0.240 e. The van der Waals surface area contributed by atoms with Gasteiger partial charge >= 0.3 is 0 Å². The Morgan fingerprint density at radius 2 is 1.93 bits per heavy atom. The van der Waals surface area contributed by atoms with Crippen molar-refractivity contribution in [1.29, 1.82) is 0 Å². The number of fused-ring (bicyclic) bond motifs is 1. The molecular formula is C23H22ClN3O2. The number of furan rings is 1. The molecule has 148 valence electrons. The second kappa shape index (κ2) is 8.13. The van der Waals surface area contributed by atoms with E-state index in [2.05, 4.69) is 31.3 Å². The molecule has 0 spiro atoms. The molecule has 0 aliphatic carbocycles. The zero-order chi connectivity index (χ0) is 20.4. The summed E-state index contributed by atoms with van der Waals surface area (Å²) < 4.78 is 7.26. The number of hydrogen-bond donors (Lipinski definition) is 1. The number of nitrogens with zero attached hydrogens (tertiary/aromatic N) is 2. The van der Waals surface area contributed by atoms with Gasteiger partial charge in [0.05, 0.1) is 23.8 Å². The fraction of sp³-hybridized carbons (Fsp3) is 0.217. The van der Waals surface area contributed by atoms with Crippen molar-refractivity contribution in [2.75, 3.05) is 0 Å². The van der Waals surface area contributed by atoms with Crippen molar-refractivity contribution in [2.45, 2.75) is 33.4 Å². The van der Waals surface area contributed by atoms with E-state index in [9.17, 15) is 4.79 Å². The molecule has 29 heavy (non-hydrogen) atoms. The zero-order valence-corrected chi connectivity index (χ0v) is 17.2. The number of aromatic nitrogens is 2. The van der Waals surface area contributed by atoms with Crippen LogP contribution >= 0.6 is 11.6 Å². The summed E-state index contributed by atoms with van der Waals surface area (Å²) in [5.41, 5.74) is 5.15. The molecule has 0 radical (unpaired) electrons. The lowest BCUT2D eigenvalue weighted by molar-refractivity contribution is -0.121. The summed E-state index contributed by atoms with van der Waals surface area (Å²) in [6, 6.07) is 15.5. The number of amides is 1. The van der Waals surface area contributed by atoms with E-state index in [4.69, 9.17) is 21.0 Å². The van der Waals surface area contributed by atoms with E-state index in [1.165, 1.54) is 11.1 Å². The van der Waals surface area contributed by atoms with Crippen LogP contribution in [0.5, 0.6) is 0 Å². The number of carbonyl (C=O) groups is 1. The van der Waals surface area contributed by atoms with Crippen molar-refractivity contribution in [3.63, 3.8) is 0 Å². The van der Waals surface area contributed by atoms with Crippen LogP contribution in [0.15, 0.2) is 59.2 Å². The van der Waals surface area contributed by atoms with Crippen LogP contribution in [-0.2, 0) is 24.3 Å². The molecule has 0 bridgehead atoms. The van der Waals surface area contributed by atoms with Crippen LogP contribution in [0.1, 0.15) is 28.3 Å². The molecular weight excluding hydrogens is 386 g/mol. The molecule has 1 amide bonds. The second-order valence-corrected chi connectivity index (χ2v) is 7.57. The molecule has 6 heteroatoms. The molecule has 0 aliphatic heterocycles. The van der Waals surface area contributed by atoms with E-state index in [-0.39, 0.29) is 12.5 Å². The van der Waals surface area contributed by atoms with Crippen molar-refractivity contribution in [3.05, 3.63) is 88.1 Å². The summed E-state index contributed by atoms with van der Waals surface area (Å²) >= 11 is 6.36. The van der Waals surface area contributed by atoms with Gasteiger partial charge in [0.1, 0.15) is 18.1 Å². The highest BCUT2D eigenvalue weighted by molar-refractivity contribution is 6.31. The van der Waals surface area contributed by atoms with Gasteiger partial charge in [-0.3, -0.25) is 4.79 Å². The fourth-order valence-corrected chi connectivity index (χ4v) is 3.55. The van der Waals surface area contributed by atoms with Gasteiger partial charge in [-0.15, -0.1) is 0 Å². The van der Waals surface area contributed by atoms with Crippen molar-refractivity contribution < 1.29 is 9.21 Å². The maximum atomic E-state index is 12.6. The van der Waals surface area contributed by atoms with Gasteiger partial charge in [0, 0.05) is 11.4 Å². The van der Waals surface area contributed by atoms with E-state index in [1.807, 2.05) is 34.9 Å². The molecule has 0 fully saturated rings. The van der Waals surface area contributed by atoms with Crippen LogP contribution in [0.2, 0.25) is 5.02 Å². The first-order valence-electron chi connectivity index (χ1n) is 9.50. The summed E-state index contributed by atoms with van der Waals surface area (Å²) in [7, 11) is 0. The average molecular weight is 408 g/mol. The largest absolute Gasteiger partial charge is 0.467 e. The van der Waals surface area contributed by atoms with Crippen LogP contribution in [0, 0.1) is 13.8 Å². The highest BCUT2D eigenvalue weighted by Crippen LogP contribution is 2.24. The predicted molar refractivity (Wildman–Crippen MR) is 114 cm³/mol. The predicted octanol–water partition coefficient (Wildman–Crippen LogP) is 4.81. The van der Waals surface area contributed by atoms with Crippen LogP contribution < -0.4 is 5.32 Å². The van der Waals surface area contributed by atoms with Gasteiger partial charge in [0.25, 0.3) is 0 Å². The third-order valence-corrected chi connectivity index (χ3v) is 5.46.